The van der Waals surface area contributed by atoms with Gasteiger partial charge < -0.3 is 14.2 Å². The van der Waals surface area contributed by atoms with E-state index in [4.69, 9.17) is 9.47 Å². The molecule has 2 aliphatic carbocycles. The fourth-order valence-corrected chi connectivity index (χ4v) is 2.37. The highest BCUT2D eigenvalue weighted by Gasteiger charge is 2.78. The van der Waals surface area contributed by atoms with Gasteiger partial charge in [0.25, 0.3) is 0 Å². The molecule has 0 aliphatic heterocycles. The lowest BCUT2D eigenvalue weighted by molar-refractivity contribution is -0.158. The fourth-order valence-electron chi connectivity index (χ4n) is 2.37. The molecule has 15 heavy (non-hydrogen) atoms. The number of allylic oxidation sites excluding steroid dienone is 1. The SMILES string of the molecule is COC(=O)[C@@]1(OC)[C@@H]2C(=O)C=C(OC)[C@@H]21. The van der Waals surface area contributed by atoms with Crippen molar-refractivity contribution in [2.45, 2.75) is 5.60 Å². The zero-order chi connectivity index (χ0) is 11.2. The molecule has 2 rings (SSSR count). The third kappa shape index (κ3) is 1.01. The van der Waals surface area contributed by atoms with Gasteiger partial charge in [-0.1, -0.05) is 0 Å². The molecular formula is C10H12O5. The van der Waals surface area contributed by atoms with Crippen molar-refractivity contribution in [2.24, 2.45) is 11.8 Å². The van der Waals surface area contributed by atoms with Gasteiger partial charge in [-0.15, -0.1) is 0 Å². The van der Waals surface area contributed by atoms with Crippen LogP contribution in [0.3, 0.4) is 0 Å². The number of rotatable bonds is 3. The lowest BCUT2D eigenvalue weighted by Gasteiger charge is -2.15. The van der Waals surface area contributed by atoms with Gasteiger partial charge in [0.15, 0.2) is 11.4 Å². The second kappa shape index (κ2) is 3.06. The van der Waals surface area contributed by atoms with Crippen LogP contribution in [-0.2, 0) is 23.8 Å². The van der Waals surface area contributed by atoms with Crippen molar-refractivity contribution in [3.05, 3.63) is 11.8 Å². The zero-order valence-electron chi connectivity index (χ0n) is 8.77. The van der Waals surface area contributed by atoms with E-state index in [-0.39, 0.29) is 11.7 Å². The number of carbonyl (C=O) groups is 2. The summed E-state index contributed by atoms with van der Waals surface area (Å²) in [6, 6.07) is 0. The van der Waals surface area contributed by atoms with Crippen LogP contribution in [0.15, 0.2) is 11.8 Å². The third-order valence-corrected chi connectivity index (χ3v) is 3.12. The van der Waals surface area contributed by atoms with Crippen LogP contribution in [0.2, 0.25) is 0 Å². The topological polar surface area (TPSA) is 61.8 Å². The van der Waals surface area contributed by atoms with Crippen molar-refractivity contribution in [3.63, 3.8) is 0 Å². The Morgan fingerprint density at radius 1 is 1.33 bits per heavy atom. The summed E-state index contributed by atoms with van der Waals surface area (Å²) >= 11 is 0. The maximum Gasteiger partial charge on any atom is 0.339 e. The van der Waals surface area contributed by atoms with Gasteiger partial charge in [0.1, 0.15) is 5.76 Å². The molecule has 0 saturated heterocycles. The quantitative estimate of drug-likeness (QED) is 0.611. The summed E-state index contributed by atoms with van der Waals surface area (Å²) < 4.78 is 14.8. The number of ketones is 1. The van der Waals surface area contributed by atoms with E-state index in [1.807, 2.05) is 0 Å². The van der Waals surface area contributed by atoms with E-state index in [0.717, 1.165) is 0 Å². The summed E-state index contributed by atoms with van der Waals surface area (Å²) in [5, 5.41) is 0. The lowest BCUT2D eigenvalue weighted by atomic mass is 10.1. The molecule has 0 aromatic heterocycles. The molecule has 82 valence electrons. The molecule has 0 aromatic carbocycles. The maximum absolute atomic E-state index is 11.6. The molecule has 0 unspecified atom stereocenters. The normalized spacial score (nSPS) is 37.0. The predicted octanol–water partition coefficient (Wildman–Crippen LogP) is -0.0964. The number of ether oxygens (including phenoxy) is 3. The molecule has 0 amide bonds. The standard InChI is InChI=1S/C10H12O5/c1-13-6-4-5(11)7-8(6)10(7,15-3)9(12)14-2/h4,7-8H,1-3H3/t7-,8+,10-/m1/s1. The first-order valence-corrected chi connectivity index (χ1v) is 4.56. The lowest BCUT2D eigenvalue weighted by Crippen LogP contribution is -2.33. The number of methoxy groups -OCH3 is 3. The molecule has 0 spiro atoms. The second-order valence-electron chi connectivity index (χ2n) is 3.60. The summed E-state index contributed by atoms with van der Waals surface area (Å²) in [4.78, 5) is 23.1. The van der Waals surface area contributed by atoms with E-state index < -0.39 is 17.5 Å². The Morgan fingerprint density at radius 3 is 2.47 bits per heavy atom. The van der Waals surface area contributed by atoms with Gasteiger partial charge in [-0.2, -0.15) is 0 Å². The van der Waals surface area contributed by atoms with Crippen molar-refractivity contribution in [1.82, 2.24) is 0 Å². The van der Waals surface area contributed by atoms with Crippen LogP contribution in [0.1, 0.15) is 0 Å². The van der Waals surface area contributed by atoms with Gasteiger partial charge in [0, 0.05) is 13.2 Å². The molecule has 0 N–H and O–H groups in total. The first kappa shape index (κ1) is 10.2. The molecule has 3 atom stereocenters. The largest absolute Gasteiger partial charge is 0.501 e. The van der Waals surface area contributed by atoms with E-state index >= 15 is 0 Å². The first-order valence-electron chi connectivity index (χ1n) is 4.56. The summed E-state index contributed by atoms with van der Waals surface area (Å²) in [5.74, 6) is -0.935. The van der Waals surface area contributed by atoms with Crippen LogP contribution >= 0.6 is 0 Å². The van der Waals surface area contributed by atoms with Gasteiger partial charge in [-0.3, -0.25) is 4.79 Å². The maximum atomic E-state index is 11.6. The molecule has 0 bridgehead atoms. The number of hydrogen-bond acceptors (Lipinski definition) is 5. The van der Waals surface area contributed by atoms with Crippen LogP contribution in [0.5, 0.6) is 0 Å². The van der Waals surface area contributed by atoms with E-state index in [2.05, 4.69) is 4.74 Å². The minimum Gasteiger partial charge on any atom is -0.501 e. The predicted molar refractivity (Wildman–Crippen MR) is 48.8 cm³/mol. The molecule has 0 heterocycles. The minimum atomic E-state index is -1.15. The average Bonchev–Trinajstić information content (AvgIpc) is 2.83. The summed E-state index contributed by atoms with van der Waals surface area (Å²) in [6.07, 6.45) is 1.41. The minimum absolute atomic E-state index is 0.135. The van der Waals surface area contributed by atoms with Crippen molar-refractivity contribution in [2.75, 3.05) is 21.3 Å². The number of hydrogen-bond donors (Lipinski definition) is 0. The van der Waals surface area contributed by atoms with Gasteiger partial charge >= 0.3 is 5.97 Å². The molecule has 5 heteroatoms. The Labute approximate surface area is 87.0 Å². The summed E-state index contributed by atoms with van der Waals surface area (Å²) in [6.45, 7) is 0. The molecule has 1 saturated carbocycles. The molecule has 0 radical (unpaired) electrons. The summed E-state index contributed by atoms with van der Waals surface area (Å²) in [5.41, 5.74) is -1.15. The Balaban J connectivity index is 2.32. The Bertz CT molecular complexity index is 359. The van der Waals surface area contributed by atoms with Gasteiger partial charge in [-0.05, 0) is 0 Å². The van der Waals surface area contributed by atoms with E-state index in [0.29, 0.717) is 5.76 Å². The van der Waals surface area contributed by atoms with Gasteiger partial charge in [0.05, 0.1) is 26.1 Å². The van der Waals surface area contributed by atoms with Crippen LogP contribution in [-0.4, -0.2) is 38.7 Å². The third-order valence-electron chi connectivity index (χ3n) is 3.12. The van der Waals surface area contributed by atoms with Gasteiger partial charge in [-0.25, -0.2) is 4.79 Å². The molecule has 0 aromatic rings. The summed E-state index contributed by atoms with van der Waals surface area (Å²) in [7, 11) is 4.14. The van der Waals surface area contributed by atoms with Crippen LogP contribution < -0.4 is 0 Å². The molecule has 5 nitrogen and oxygen atoms in total. The van der Waals surface area contributed by atoms with Crippen molar-refractivity contribution >= 4 is 11.8 Å². The molecule has 2 aliphatic rings. The van der Waals surface area contributed by atoms with Crippen molar-refractivity contribution in [3.8, 4) is 0 Å². The Hall–Kier alpha value is -1.36. The van der Waals surface area contributed by atoms with E-state index in [1.165, 1.54) is 27.4 Å². The molecular weight excluding hydrogens is 200 g/mol. The smallest absolute Gasteiger partial charge is 0.339 e. The highest BCUT2D eigenvalue weighted by atomic mass is 16.6. The second-order valence-corrected chi connectivity index (χ2v) is 3.60. The average molecular weight is 212 g/mol. The van der Waals surface area contributed by atoms with Crippen LogP contribution in [0, 0.1) is 11.8 Å². The van der Waals surface area contributed by atoms with Crippen LogP contribution in [0.4, 0.5) is 0 Å². The highest BCUT2D eigenvalue weighted by molar-refractivity contribution is 6.07. The van der Waals surface area contributed by atoms with Crippen molar-refractivity contribution < 1.29 is 23.8 Å². The first-order chi connectivity index (χ1) is 7.13. The molecule has 1 fully saturated rings. The fraction of sp³-hybridized carbons (Fsp3) is 0.600. The monoisotopic (exact) mass is 212 g/mol. The highest BCUT2D eigenvalue weighted by Crippen LogP contribution is 2.61. The van der Waals surface area contributed by atoms with E-state index in [9.17, 15) is 9.59 Å². The van der Waals surface area contributed by atoms with Gasteiger partial charge in [0.2, 0.25) is 0 Å². The number of esters is 1. The number of fused-ring (bicyclic) bond motifs is 1. The number of carbonyl (C=O) groups excluding carboxylic acids is 2. The Morgan fingerprint density at radius 2 is 2.00 bits per heavy atom. The Kier molecular flexibility index (Phi) is 2.08. The van der Waals surface area contributed by atoms with E-state index in [1.54, 1.807) is 0 Å². The van der Waals surface area contributed by atoms with Crippen molar-refractivity contribution in [1.29, 1.82) is 0 Å². The van der Waals surface area contributed by atoms with Crippen LogP contribution in [0.25, 0.3) is 0 Å². The zero-order valence-corrected chi connectivity index (χ0v) is 8.77.